The largest absolute Gasteiger partial charge is 0.488 e. The predicted octanol–water partition coefficient (Wildman–Crippen LogP) is 4.08. The van der Waals surface area contributed by atoms with Crippen molar-refractivity contribution in [3.05, 3.63) is 64.8 Å². The van der Waals surface area contributed by atoms with E-state index in [0.717, 1.165) is 10.4 Å². The van der Waals surface area contributed by atoms with Crippen LogP contribution in [0, 0.1) is 5.82 Å². The maximum absolute atomic E-state index is 12.8. The van der Waals surface area contributed by atoms with E-state index in [1.807, 2.05) is 6.07 Å². The summed E-state index contributed by atoms with van der Waals surface area (Å²) in [6, 6.07) is 14.4. The van der Waals surface area contributed by atoms with Gasteiger partial charge in [0.15, 0.2) is 0 Å². The molecular weight excluding hydrogens is 273 g/mol. The van der Waals surface area contributed by atoms with Crippen molar-refractivity contribution in [1.29, 1.82) is 0 Å². The summed E-state index contributed by atoms with van der Waals surface area (Å²) in [5, 5.41) is 1.19. The number of fused-ring (bicyclic) bond motifs is 1. The molecule has 0 saturated carbocycles. The van der Waals surface area contributed by atoms with Crippen LogP contribution >= 0.6 is 11.3 Å². The molecule has 102 valence electrons. The molecule has 2 aromatic carbocycles. The molecule has 0 radical (unpaired) electrons. The van der Waals surface area contributed by atoms with E-state index in [1.165, 1.54) is 22.2 Å². The van der Waals surface area contributed by atoms with E-state index in [2.05, 4.69) is 18.2 Å². The third-order valence-electron chi connectivity index (χ3n) is 3.06. The molecule has 0 spiro atoms. The maximum atomic E-state index is 12.8. The number of hydrogen-bond acceptors (Lipinski definition) is 3. The van der Waals surface area contributed by atoms with E-state index in [1.54, 1.807) is 23.5 Å². The molecule has 1 aromatic heterocycles. The first-order valence-electron chi connectivity index (χ1n) is 6.34. The Labute approximate surface area is 120 Å². The minimum Gasteiger partial charge on any atom is -0.488 e. The molecule has 20 heavy (non-hydrogen) atoms. The van der Waals surface area contributed by atoms with Crippen LogP contribution in [0.4, 0.5) is 4.39 Å². The molecule has 3 aromatic rings. The molecule has 3 rings (SSSR count). The van der Waals surface area contributed by atoms with Gasteiger partial charge >= 0.3 is 0 Å². The van der Waals surface area contributed by atoms with Crippen LogP contribution in [0.3, 0.4) is 0 Å². The molecule has 2 N–H and O–H groups in total. The normalized spacial score (nSPS) is 10.9. The SMILES string of the molecule is NCc1ccc2sc(COc3ccc(F)cc3)cc2c1. The summed E-state index contributed by atoms with van der Waals surface area (Å²) in [5.41, 5.74) is 6.77. The van der Waals surface area contributed by atoms with E-state index in [9.17, 15) is 4.39 Å². The minimum absolute atomic E-state index is 0.256. The van der Waals surface area contributed by atoms with Gasteiger partial charge in [-0.15, -0.1) is 11.3 Å². The average molecular weight is 287 g/mol. The number of benzene rings is 2. The fourth-order valence-corrected chi connectivity index (χ4v) is 2.99. The first-order chi connectivity index (χ1) is 9.74. The zero-order valence-corrected chi connectivity index (χ0v) is 11.6. The van der Waals surface area contributed by atoms with Crippen LogP contribution in [0.15, 0.2) is 48.5 Å². The number of ether oxygens (including phenoxy) is 1. The van der Waals surface area contributed by atoms with Crippen molar-refractivity contribution >= 4 is 21.4 Å². The lowest BCUT2D eigenvalue weighted by Crippen LogP contribution is -1.94. The van der Waals surface area contributed by atoms with Crippen molar-refractivity contribution in [3.8, 4) is 5.75 Å². The summed E-state index contributed by atoms with van der Waals surface area (Å²) >= 11 is 1.70. The van der Waals surface area contributed by atoms with Crippen molar-refractivity contribution in [2.24, 2.45) is 5.73 Å². The van der Waals surface area contributed by atoms with Crippen molar-refractivity contribution < 1.29 is 9.13 Å². The molecule has 0 atom stereocenters. The first kappa shape index (κ1) is 13.1. The quantitative estimate of drug-likeness (QED) is 0.784. The molecule has 0 amide bonds. The third-order valence-corrected chi connectivity index (χ3v) is 4.15. The minimum atomic E-state index is -0.256. The molecule has 1 heterocycles. The number of halogens is 1. The molecule has 0 aliphatic heterocycles. The average Bonchev–Trinajstić information content (AvgIpc) is 2.88. The Bertz CT molecular complexity index is 721. The number of nitrogens with two attached hydrogens (primary N) is 1. The highest BCUT2D eigenvalue weighted by Gasteiger charge is 2.04. The van der Waals surface area contributed by atoms with Gasteiger partial charge in [0.2, 0.25) is 0 Å². The summed E-state index contributed by atoms with van der Waals surface area (Å²) in [4.78, 5) is 1.14. The van der Waals surface area contributed by atoms with E-state index in [-0.39, 0.29) is 5.82 Å². The number of rotatable bonds is 4. The Morgan fingerprint density at radius 1 is 1.05 bits per heavy atom. The lowest BCUT2D eigenvalue weighted by atomic mass is 10.1. The molecule has 0 aliphatic carbocycles. The van der Waals surface area contributed by atoms with Gasteiger partial charge in [-0.05, 0) is 53.4 Å². The monoisotopic (exact) mass is 287 g/mol. The second kappa shape index (κ2) is 5.61. The highest BCUT2D eigenvalue weighted by Crippen LogP contribution is 2.27. The second-order valence-electron chi connectivity index (χ2n) is 4.53. The van der Waals surface area contributed by atoms with E-state index >= 15 is 0 Å². The third kappa shape index (κ3) is 2.81. The lowest BCUT2D eigenvalue weighted by Gasteiger charge is -2.03. The molecular formula is C16H14FNOS. The van der Waals surface area contributed by atoms with Gasteiger partial charge in [0.25, 0.3) is 0 Å². The van der Waals surface area contributed by atoms with E-state index in [4.69, 9.17) is 10.5 Å². The molecule has 0 bridgehead atoms. The predicted molar refractivity (Wildman–Crippen MR) is 80.4 cm³/mol. The fourth-order valence-electron chi connectivity index (χ4n) is 2.03. The van der Waals surface area contributed by atoms with Gasteiger partial charge in [0.05, 0.1) is 0 Å². The van der Waals surface area contributed by atoms with Gasteiger partial charge in [-0.3, -0.25) is 0 Å². The van der Waals surface area contributed by atoms with Gasteiger partial charge in [-0.25, -0.2) is 4.39 Å². The summed E-state index contributed by atoms with van der Waals surface area (Å²) in [5.74, 6) is 0.417. The van der Waals surface area contributed by atoms with Crippen LogP contribution in [-0.2, 0) is 13.2 Å². The second-order valence-corrected chi connectivity index (χ2v) is 5.70. The maximum Gasteiger partial charge on any atom is 0.123 e. The van der Waals surface area contributed by atoms with Crippen molar-refractivity contribution in [1.82, 2.24) is 0 Å². The highest BCUT2D eigenvalue weighted by molar-refractivity contribution is 7.19. The van der Waals surface area contributed by atoms with Crippen LogP contribution < -0.4 is 10.5 Å². The van der Waals surface area contributed by atoms with Crippen molar-refractivity contribution in [2.45, 2.75) is 13.2 Å². The molecule has 2 nitrogen and oxygen atoms in total. The zero-order valence-electron chi connectivity index (χ0n) is 10.8. The van der Waals surface area contributed by atoms with Gasteiger partial charge in [0, 0.05) is 16.1 Å². The van der Waals surface area contributed by atoms with Gasteiger partial charge in [0.1, 0.15) is 18.2 Å². The summed E-state index contributed by atoms with van der Waals surface area (Å²) in [6.07, 6.45) is 0. The lowest BCUT2D eigenvalue weighted by molar-refractivity contribution is 0.309. The van der Waals surface area contributed by atoms with Crippen LogP contribution in [0.5, 0.6) is 5.75 Å². The number of thiophene rings is 1. The first-order valence-corrected chi connectivity index (χ1v) is 7.16. The molecule has 4 heteroatoms. The molecule has 0 unspecified atom stereocenters. The summed E-state index contributed by atoms with van der Waals surface area (Å²) < 4.78 is 19.7. The van der Waals surface area contributed by atoms with Crippen molar-refractivity contribution in [3.63, 3.8) is 0 Å². The Morgan fingerprint density at radius 3 is 2.60 bits per heavy atom. The summed E-state index contributed by atoms with van der Waals surface area (Å²) in [6.45, 7) is 1.04. The fraction of sp³-hybridized carbons (Fsp3) is 0.125. The summed E-state index contributed by atoms with van der Waals surface area (Å²) in [7, 11) is 0. The zero-order chi connectivity index (χ0) is 13.9. The molecule has 0 saturated heterocycles. The van der Waals surface area contributed by atoms with Gasteiger partial charge in [-0.2, -0.15) is 0 Å². The van der Waals surface area contributed by atoms with Gasteiger partial charge in [-0.1, -0.05) is 6.07 Å². The molecule has 0 fully saturated rings. The Morgan fingerprint density at radius 2 is 1.85 bits per heavy atom. The standard InChI is InChI=1S/C16H14FNOS/c17-13-2-4-14(5-3-13)19-10-15-8-12-7-11(9-18)1-6-16(12)20-15/h1-8H,9-10,18H2. The van der Waals surface area contributed by atoms with Crippen molar-refractivity contribution in [2.75, 3.05) is 0 Å². The topological polar surface area (TPSA) is 35.2 Å². The van der Waals surface area contributed by atoms with Crippen LogP contribution in [-0.4, -0.2) is 0 Å². The van der Waals surface area contributed by atoms with E-state index in [0.29, 0.717) is 18.9 Å². The van der Waals surface area contributed by atoms with Crippen LogP contribution in [0.2, 0.25) is 0 Å². The van der Waals surface area contributed by atoms with Crippen LogP contribution in [0.1, 0.15) is 10.4 Å². The Kier molecular flexibility index (Phi) is 3.67. The van der Waals surface area contributed by atoms with E-state index < -0.39 is 0 Å². The van der Waals surface area contributed by atoms with Gasteiger partial charge < -0.3 is 10.5 Å². The number of hydrogen-bond donors (Lipinski definition) is 1. The van der Waals surface area contributed by atoms with Crippen LogP contribution in [0.25, 0.3) is 10.1 Å². The Balaban J connectivity index is 1.75. The Hall–Kier alpha value is -1.91. The smallest absolute Gasteiger partial charge is 0.123 e. The highest BCUT2D eigenvalue weighted by atomic mass is 32.1. The molecule has 0 aliphatic rings.